The Balaban J connectivity index is 1.44. The lowest BCUT2D eigenvalue weighted by molar-refractivity contribution is 0.220. The minimum atomic E-state index is -0.0775. The largest absolute Gasteiger partial charge is 0.494 e. The fraction of sp³-hybridized carbons (Fsp3) is 0.500. The maximum absolute atomic E-state index is 11.0. The predicted molar refractivity (Wildman–Crippen MR) is 90.8 cm³/mol. The van der Waals surface area contributed by atoms with Gasteiger partial charge < -0.3 is 9.84 Å². The highest BCUT2D eigenvalue weighted by atomic mass is 16.5. The molecule has 2 aromatic rings. The van der Waals surface area contributed by atoms with Gasteiger partial charge in [-0.3, -0.25) is 14.8 Å². The van der Waals surface area contributed by atoms with Crippen LogP contribution in [0.5, 0.6) is 5.75 Å². The second kappa shape index (κ2) is 8.02. The van der Waals surface area contributed by atoms with Crippen LogP contribution in [-0.2, 0) is 13.0 Å². The van der Waals surface area contributed by atoms with Crippen LogP contribution in [0.3, 0.4) is 0 Å². The van der Waals surface area contributed by atoms with E-state index < -0.39 is 0 Å². The van der Waals surface area contributed by atoms with Gasteiger partial charge in [0.05, 0.1) is 6.61 Å². The molecule has 5 nitrogen and oxygen atoms in total. The first kappa shape index (κ1) is 15.9. The number of piperidine rings is 1. The zero-order valence-corrected chi connectivity index (χ0v) is 13.5. The molecule has 3 rings (SSSR count). The van der Waals surface area contributed by atoms with Gasteiger partial charge in [0.2, 0.25) is 0 Å². The number of hydrogen-bond donors (Lipinski definition) is 2. The van der Waals surface area contributed by atoms with E-state index in [1.165, 1.54) is 37.9 Å². The summed E-state index contributed by atoms with van der Waals surface area (Å²) in [6.45, 7) is 4.09. The quantitative estimate of drug-likeness (QED) is 0.772. The van der Waals surface area contributed by atoms with Gasteiger partial charge in [-0.1, -0.05) is 18.6 Å². The molecule has 1 aromatic carbocycles. The lowest BCUT2D eigenvalue weighted by Crippen LogP contribution is -2.29. The standard InChI is InChI=1S/C18H25N3O2/c22-18-13-16(19-20-18)7-5-11-23-17-8-4-6-15(12-17)14-21-9-2-1-3-10-21/h4,6,8,12-13H,1-3,5,7,9-11,14H2,(H2,19,20,22). The van der Waals surface area contributed by atoms with Crippen LogP contribution in [-0.4, -0.2) is 34.8 Å². The number of rotatable bonds is 7. The van der Waals surface area contributed by atoms with Crippen molar-refractivity contribution in [3.05, 3.63) is 51.9 Å². The average molecular weight is 315 g/mol. The van der Waals surface area contributed by atoms with Crippen LogP contribution >= 0.6 is 0 Å². The number of aromatic amines is 2. The molecule has 1 saturated heterocycles. The molecule has 0 atom stereocenters. The lowest BCUT2D eigenvalue weighted by atomic mass is 10.1. The Hall–Kier alpha value is -2.01. The maximum atomic E-state index is 11.0. The molecule has 23 heavy (non-hydrogen) atoms. The summed E-state index contributed by atoms with van der Waals surface area (Å²) < 4.78 is 5.84. The van der Waals surface area contributed by atoms with Crippen molar-refractivity contribution in [2.75, 3.05) is 19.7 Å². The Bertz CT molecular complexity index is 656. The molecule has 0 aliphatic carbocycles. The third kappa shape index (κ3) is 4.99. The molecule has 0 amide bonds. The van der Waals surface area contributed by atoms with Crippen molar-refractivity contribution in [2.45, 2.75) is 38.6 Å². The summed E-state index contributed by atoms with van der Waals surface area (Å²) in [5.74, 6) is 0.932. The number of aromatic nitrogens is 2. The zero-order valence-electron chi connectivity index (χ0n) is 13.5. The molecule has 0 unspecified atom stereocenters. The van der Waals surface area contributed by atoms with Crippen molar-refractivity contribution >= 4 is 0 Å². The highest BCUT2D eigenvalue weighted by Gasteiger charge is 2.10. The van der Waals surface area contributed by atoms with Gasteiger partial charge in [0.25, 0.3) is 5.56 Å². The first-order chi connectivity index (χ1) is 11.3. The van der Waals surface area contributed by atoms with E-state index in [-0.39, 0.29) is 5.56 Å². The van der Waals surface area contributed by atoms with E-state index >= 15 is 0 Å². The Morgan fingerprint density at radius 1 is 1.09 bits per heavy atom. The van der Waals surface area contributed by atoms with Gasteiger partial charge in [-0.15, -0.1) is 0 Å². The summed E-state index contributed by atoms with van der Waals surface area (Å²) in [7, 11) is 0. The fourth-order valence-electron chi connectivity index (χ4n) is 3.07. The molecule has 0 saturated carbocycles. The number of nitrogens with one attached hydrogen (secondary N) is 2. The summed E-state index contributed by atoms with van der Waals surface area (Å²) in [6.07, 6.45) is 5.69. The average Bonchev–Trinajstić information content (AvgIpc) is 2.98. The van der Waals surface area contributed by atoms with Crippen molar-refractivity contribution < 1.29 is 4.74 Å². The zero-order chi connectivity index (χ0) is 15.9. The number of benzene rings is 1. The Morgan fingerprint density at radius 2 is 1.96 bits per heavy atom. The van der Waals surface area contributed by atoms with Crippen LogP contribution in [0.25, 0.3) is 0 Å². The Morgan fingerprint density at radius 3 is 2.74 bits per heavy atom. The molecule has 5 heteroatoms. The van der Waals surface area contributed by atoms with Crippen molar-refractivity contribution in [1.82, 2.24) is 15.1 Å². The van der Waals surface area contributed by atoms with Gasteiger partial charge in [0, 0.05) is 18.3 Å². The van der Waals surface area contributed by atoms with Gasteiger partial charge in [0.15, 0.2) is 0 Å². The minimum absolute atomic E-state index is 0.0775. The van der Waals surface area contributed by atoms with Gasteiger partial charge in [-0.25, -0.2) is 0 Å². The van der Waals surface area contributed by atoms with Crippen LogP contribution in [0.15, 0.2) is 35.1 Å². The SMILES string of the molecule is O=c1cc(CCCOc2cccc(CN3CCCCC3)c2)[nH][nH]1. The van der Waals surface area contributed by atoms with Gasteiger partial charge in [-0.05, 0) is 56.5 Å². The van der Waals surface area contributed by atoms with Crippen molar-refractivity contribution in [3.8, 4) is 5.75 Å². The molecule has 0 spiro atoms. The second-order valence-corrected chi connectivity index (χ2v) is 6.22. The third-order valence-electron chi connectivity index (χ3n) is 4.26. The molecule has 0 bridgehead atoms. The number of aryl methyl sites for hydroxylation is 1. The summed E-state index contributed by atoms with van der Waals surface area (Å²) in [6, 6.07) is 9.99. The number of hydrogen-bond acceptors (Lipinski definition) is 3. The van der Waals surface area contributed by atoms with E-state index in [9.17, 15) is 4.79 Å². The molecule has 0 radical (unpaired) electrons. The van der Waals surface area contributed by atoms with Gasteiger partial charge in [-0.2, -0.15) is 0 Å². The normalized spacial score (nSPS) is 15.7. The van der Waals surface area contributed by atoms with Crippen molar-refractivity contribution in [3.63, 3.8) is 0 Å². The predicted octanol–water partition coefficient (Wildman–Crippen LogP) is 2.70. The van der Waals surface area contributed by atoms with Gasteiger partial charge >= 0.3 is 0 Å². The lowest BCUT2D eigenvalue weighted by Gasteiger charge is -2.26. The molecular weight excluding hydrogens is 290 g/mol. The highest BCUT2D eigenvalue weighted by Crippen LogP contribution is 2.17. The third-order valence-corrected chi connectivity index (χ3v) is 4.26. The fourth-order valence-corrected chi connectivity index (χ4v) is 3.07. The molecular formula is C18H25N3O2. The summed E-state index contributed by atoms with van der Waals surface area (Å²) in [5, 5.41) is 5.41. The van der Waals surface area contributed by atoms with Crippen LogP contribution in [0, 0.1) is 0 Å². The van der Waals surface area contributed by atoms with Crippen LogP contribution < -0.4 is 10.3 Å². The number of nitrogens with zero attached hydrogens (tertiary/aromatic N) is 1. The molecule has 1 aliphatic heterocycles. The molecule has 1 aromatic heterocycles. The van der Waals surface area contributed by atoms with Crippen molar-refractivity contribution in [2.24, 2.45) is 0 Å². The number of H-pyrrole nitrogens is 2. The Labute approximate surface area is 136 Å². The van der Waals surface area contributed by atoms with E-state index in [1.54, 1.807) is 6.07 Å². The van der Waals surface area contributed by atoms with Crippen LogP contribution in [0.1, 0.15) is 36.9 Å². The minimum Gasteiger partial charge on any atom is -0.494 e. The second-order valence-electron chi connectivity index (χ2n) is 6.22. The molecule has 1 aliphatic rings. The first-order valence-corrected chi connectivity index (χ1v) is 8.50. The first-order valence-electron chi connectivity index (χ1n) is 8.50. The molecule has 124 valence electrons. The van der Waals surface area contributed by atoms with E-state index in [0.29, 0.717) is 6.61 Å². The molecule has 1 fully saturated rings. The van der Waals surface area contributed by atoms with E-state index in [1.807, 2.05) is 6.07 Å². The number of ether oxygens (including phenoxy) is 1. The summed E-state index contributed by atoms with van der Waals surface area (Å²) >= 11 is 0. The Kier molecular flexibility index (Phi) is 5.53. The summed E-state index contributed by atoms with van der Waals surface area (Å²) in [4.78, 5) is 13.5. The maximum Gasteiger partial charge on any atom is 0.264 e. The number of likely N-dealkylation sites (tertiary alicyclic amines) is 1. The molecule has 2 N–H and O–H groups in total. The van der Waals surface area contributed by atoms with Crippen LogP contribution in [0.4, 0.5) is 0 Å². The van der Waals surface area contributed by atoms with E-state index in [4.69, 9.17) is 4.74 Å². The van der Waals surface area contributed by atoms with Gasteiger partial charge in [0.1, 0.15) is 5.75 Å². The topological polar surface area (TPSA) is 61.1 Å². The van der Waals surface area contributed by atoms with Crippen LogP contribution in [0.2, 0.25) is 0 Å². The van der Waals surface area contributed by atoms with E-state index in [2.05, 4.69) is 33.3 Å². The van der Waals surface area contributed by atoms with Crippen molar-refractivity contribution in [1.29, 1.82) is 0 Å². The molecule has 2 heterocycles. The smallest absolute Gasteiger partial charge is 0.264 e. The monoisotopic (exact) mass is 315 g/mol. The highest BCUT2D eigenvalue weighted by molar-refractivity contribution is 5.28. The summed E-state index contributed by atoms with van der Waals surface area (Å²) in [5.41, 5.74) is 2.17. The van der Waals surface area contributed by atoms with E-state index in [0.717, 1.165) is 30.8 Å².